The number of hydrogen-bond acceptors (Lipinski definition) is 4. The van der Waals surface area contributed by atoms with E-state index in [9.17, 15) is 4.79 Å². The average Bonchev–Trinajstić information content (AvgIpc) is 2.87. The number of carboxylic acid groups (broad SMARTS) is 1. The van der Waals surface area contributed by atoms with Gasteiger partial charge in [0.05, 0.1) is 11.3 Å². The zero-order valence-electron chi connectivity index (χ0n) is 10.8. The van der Waals surface area contributed by atoms with Crippen LogP contribution in [0.25, 0.3) is 0 Å². The first-order chi connectivity index (χ1) is 10.1. The molecule has 1 heterocycles. The maximum Gasteiger partial charge on any atom is 0.337 e. The number of aromatic carboxylic acids is 1. The summed E-state index contributed by atoms with van der Waals surface area (Å²) in [5, 5.41) is 13.4. The molecule has 2 aromatic carbocycles. The quantitative estimate of drug-likeness (QED) is 0.836. The van der Waals surface area contributed by atoms with Gasteiger partial charge in [-0.2, -0.15) is 5.10 Å². The van der Waals surface area contributed by atoms with Crippen molar-refractivity contribution in [2.24, 2.45) is 5.10 Å². The van der Waals surface area contributed by atoms with Gasteiger partial charge in [-0.05, 0) is 30.3 Å². The number of hydrazone groups is 1. The van der Waals surface area contributed by atoms with E-state index < -0.39 is 5.97 Å². The lowest BCUT2D eigenvalue weighted by atomic mass is 10.1. The number of rotatable bonds is 3. The third kappa shape index (κ3) is 2.75. The van der Waals surface area contributed by atoms with Crippen LogP contribution in [0.5, 0.6) is 5.75 Å². The number of para-hydroxylation sites is 1. The Morgan fingerprint density at radius 1 is 1.29 bits per heavy atom. The van der Waals surface area contributed by atoms with Gasteiger partial charge in [0.25, 0.3) is 0 Å². The van der Waals surface area contributed by atoms with Gasteiger partial charge in [0, 0.05) is 10.0 Å². The number of fused-ring (bicyclic) bond motifs is 1. The van der Waals surface area contributed by atoms with E-state index in [0.29, 0.717) is 12.3 Å². The maximum atomic E-state index is 11.1. The fourth-order valence-corrected chi connectivity index (χ4v) is 2.43. The van der Waals surface area contributed by atoms with E-state index in [1.807, 2.05) is 18.2 Å². The van der Waals surface area contributed by atoms with Crippen LogP contribution in [0, 0.1) is 0 Å². The van der Waals surface area contributed by atoms with Crippen LogP contribution in [0.3, 0.4) is 0 Å². The molecule has 5 nitrogen and oxygen atoms in total. The zero-order chi connectivity index (χ0) is 14.8. The van der Waals surface area contributed by atoms with E-state index >= 15 is 0 Å². The van der Waals surface area contributed by atoms with Crippen LogP contribution in [0.15, 0.2) is 52.0 Å². The minimum atomic E-state index is -0.996. The maximum absolute atomic E-state index is 11.1. The van der Waals surface area contributed by atoms with Gasteiger partial charge in [-0.1, -0.05) is 28.1 Å². The van der Waals surface area contributed by atoms with Gasteiger partial charge < -0.3 is 9.84 Å². The summed E-state index contributed by atoms with van der Waals surface area (Å²) in [6, 6.07) is 12.3. The van der Waals surface area contributed by atoms with Crippen LogP contribution < -0.4 is 10.2 Å². The Hall–Kier alpha value is -2.34. The largest absolute Gasteiger partial charge is 0.487 e. The highest BCUT2D eigenvalue weighted by Crippen LogP contribution is 2.28. The Morgan fingerprint density at radius 2 is 2.10 bits per heavy atom. The number of nitrogens with one attached hydrogen (secondary N) is 1. The second kappa shape index (κ2) is 5.57. The summed E-state index contributed by atoms with van der Waals surface area (Å²) in [5.41, 5.74) is 5.05. The molecule has 0 bridgehead atoms. The molecule has 0 aromatic heterocycles. The van der Waals surface area contributed by atoms with Crippen LogP contribution in [-0.4, -0.2) is 23.4 Å². The Balaban J connectivity index is 1.89. The summed E-state index contributed by atoms with van der Waals surface area (Å²) >= 11 is 3.41. The standard InChI is InChI=1S/C15H11BrN2O3/c16-9-5-6-14-11(7-9)13(8-21-14)18-17-12-4-2-1-3-10(12)15(19)20/h1-7,17H,8H2,(H,19,20). The highest BCUT2D eigenvalue weighted by Gasteiger charge is 2.19. The lowest BCUT2D eigenvalue weighted by molar-refractivity contribution is 0.0698. The van der Waals surface area contributed by atoms with E-state index in [2.05, 4.69) is 26.5 Å². The number of halogens is 1. The van der Waals surface area contributed by atoms with Gasteiger partial charge in [-0.25, -0.2) is 4.79 Å². The predicted octanol–water partition coefficient (Wildman–Crippen LogP) is 3.36. The van der Waals surface area contributed by atoms with E-state index in [1.54, 1.807) is 18.2 Å². The number of carbonyl (C=O) groups is 1. The molecular formula is C15H11BrN2O3. The molecule has 21 heavy (non-hydrogen) atoms. The van der Waals surface area contributed by atoms with Gasteiger partial charge in [0.1, 0.15) is 18.1 Å². The first kappa shape index (κ1) is 13.6. The van der Waals surface area contributed by atoms with Crippen molar-refractivity contribution in [1.82, 2.24) is 0 Å². The summed E-state index contributed by atoms with van der Waals surface area (Å²) in [7, 11) is 0. The SMILES string of the molecule is O=C(O)c1ccccc1NN=C1COc2ccc(Br)cc21. The van der Waals surface area contributed by atoms with Gasteiger partial charge in [-0.3, -0.25) is 5.43 Å². The summed E-state index contributed by atoms with van der Waals surface area (Å²) in [6.07, 6.45) is 0. The summed E-state index contributed by atoms with van der Waals surface area (Å²) in [5.74, 6) is -0.227. The molecule has 0 amide bonds. The molecule has 0 radical (unpaired) electrons. The highest BCUT2D eigenvalue weighted by atomic mass is 79.9. The molecule has 0 fully saturated rings. The number of ether oxygens (including phenoxy) is 1. The molecule has 0 unspecified atom stereocenters. The van der Waals surface area contributed by atoms with Crippen molar-refractivity contribution in [2.45, 2.75) is 0 Å². The van der Waals surface area contributed by atoms with E-state index in [-0.39, 0.29) is 5.56 Å². The van der Waals surface area contributed by atoms with Crippen LogP contribution in [0.4, 0.5) is 5.69 Å². The molecule has 1 aliphatic heterocycles. The van der Waals surface area contributed by atoms with Gasteiger partial charge in [-0.15, -0.1) is 0 Å². The lowest BCUT2D eigenvalue weighted by Crippen LogP contribution is -2.08. The molecule has 0 saturated carbocycles. The molecule has 0 aliphatic carbocycles. The van der Waals surface area contributed by atoms with Crippen molar-refractivity contribution in [3.8, 4) is 5.75 Å². The van der Waals surface area contributed by atoms with Crippen molar-refractivity contribution in [3.05, 3.63) is 58.1 Å². The Morgan fingerprint density at radius 3 is 2.90 bits per heavy atom. The molecule has 0 saturated heterocycles. The van der Waals surface area contributed by atoms with Crippen molar-refractivity contribution in [1.29, 1.82) is 0 Å². The summed E-state index contributed by atoms with van der Waals surface area (Å²) < 4.78 is 6.46. The fraction of sp³-hybridized carbons (Fsp3) is 0.0667. The van der Waals surface area contributed by atoms with Crippen molar-refractivity contribution >= 4 is 33.3 Å². The summed E-state index contributed by atoms with van der Waals surface area (Å²) in [4.78, 5) is 11.1. The number of hydrogen-bond donors (Lipinski definition) is 2. The highest BCUT2D eigenvalue weighted by molar-refractivity contribution is 9.10. The fourth-order valence-electron chi connectivity index (χ4n) is 2.06. The minimum Gasteiger partial charge on any atom is -0.487 e. The molecule has 6 heteroatoms. The van der Waals surface area contributed by atoms with Gasteiger partial charge >= 0.3 is 5.97 Å². The van der Waals surface area contributed by atoms with Crippen LogP contribution in [0.1, 0.15) is 15.9 Å². The topological polar surface area (TPSA) is 70.9 Å². The monoisotopic (exact) mass is 346 g/mol. The Bertz CT molecular complexity index is 743. The number of nitrogens with zero attached hydrogens (tertiary/aromatic N) is 1. The molecule has 0 spiro atoms. The Kier molecular flexibility index (Phi) is 3.62. The van der Waals surface area contributed by atoms with Crippen molar-refractivity contribution in [2.75, 3.05) is 12.0 Å². The number of benzene rings is 2. The van der Waals surface area contributed by atoms with Crippen LogP contribution in [0.2, 0.25) is 0 Å². The molecule has 0 atom stereocenters. The third-order valence-corrected chi connectivity index (χ3v) is 3.58. The first-order valence-electron chi connectivity index (χ1n) is 6.23. The average molecular weight is 347 g/mol. The smallest absolute Gasteiger partial charge is 0.337 e. The van der Waals surface area contributed by atoms with E-state index in [0.717, 1.165) is 21.5 Å². The van der Waals surface area contributed by atoms with Crippen molar-refractivity contribution in [3.63, 3.8) is 0 Å². The molecule has 2 aromatic rings. The predicted molar refractivity (Wildman–Crippen MR) is 83.2 cm³/mol. The summed E-state index contributed by atoms with van der Waals surface area (Å²) in [6.45, 7) is 0.355. The molecule has 2 N–H and O–H groups in total. The third-order valence-electron chi connectivity index (χ3n) is 3.09. The molecule has 106 valence electrons. The molecule has 1 aliphatic rings. The minimum absolute atomic E-state index is 0.176. The van der Waals surface area contributed by atoms with E-state index in [4.69, 9.17) is 9.84 Å². The van der Waals surface area contributed by atoms with Crippen LogP contribution in [-0.2, 0) is 0 Å². The second-order valence-corrected chi connectivity index (χ2v) is 5.37. The number of anilines is 1. The van der Waals surface area contributed by atoms with Crippen molar-refractivity contribution < 1.29 is 14.6 Å². The molecule has 3 rings (SSSR count). The van der Waals surface area contributed by atoms with E-state index in [1.165, 1.54) is 6.07 Å². The van der Waals surface area contributed by atoms with Gasteiger partial charge in [0.15, 0.2) is 0 Å². The molecular weight excluding hydrogens is 336 g/mol. The van der Waals surface area contributed by atoms with Crippen LogP contribution >= 0.6 is 15.9 Å². The van der Waals surface area contributed by atoms with Gasteiger partial charge in [0.2, 0.25) is 0 Å². The normalized spacial score (nSPS) is 14.6. The lowest BCUT2D eigenvalue weighted by Gasteiger charge is -2.05. The Labute approximate surface area is 129 Å². The second-order valence-electron chi connectivity index (χ2n) is 4.45. The first-order valence-corrected chi connectivity index (χ1v) is 7.02. The zero-order valence-corrected chi connectivity index (χ0v) is 12.4. The number of carboxylic acids is 1.